The van der Waals surface area contributed by atoms with E-state index in [0.717, 1.165) is 30.0 Å². The number of nitrogens with zero attached hydrogens (tertiary/aromatic N) is 2. The number of methoxy groups -OCH3 is 2. The van der Waals surface area contributed by atoms with Crippen molar-refractivity contribution in [1.29, 1.82) is 0 Å². The molecular weight excluding hydrogens is 582 g/mol. The van der Waals surface area contributed by atoms with Crippen LogP contribution in [0.5, 0.6) is 0 Å². The zero-order valence-corrected chi connectivity index (χ0v) is 24.5. The smallest absolute Gasteiger partial charge is 0.379 e. The van der Waals surface area contributed by atoms with Gasteiger partial charge in [-0.3, -0.25) is 28.6 Å². The van der Waals surface area contributed by atoms with E-state index in [9.17, 15) is 19.2 Å². The van der Waals surface area contributed by atoms with Crippen molar-refractivity contribution >= 4 is 57.9 Å². The predicted molar refractivity (Wildman–Crippen MR) is 159 cm³/mol. The molecule has 1 amide bonds. The third kappa shape index (κ3) is 2.98. The lowest BCUT2D eigenvalue weighted by molar-refractivity contribution is -0.153. The molecule has 0 aliphatic carbocycles. The van der Waals surface area contributed by atoms with Crippen LogP contribution in [0, 0.1) is 5.92 Å². The Morgan fingerprint density at radius 1 is 0.932 bits per heavy atom. The highest BCUT2D eigenvalue weighted by Gasteiger charge is 2.80. The normalized spacial score (nSPS) is 26.3. The maximum Gasteiger partial charge on any atom is 0.379 e. The first kappa shape index (κ1) is 26.9. The number of nitrogens with one attached hydrogen (secondary N) is 1. The van der Waals surface area contributed by atoms with Gasteiger partial charge in [-0.05, 0) is 29.7 Å². The molecule has 11 heteroatoms. The molecule has 1 aromatic heterocycles. The Bertz CT molecular complexity index is 2000. The first-order chi connectivity index (χ1) is 21.3. The van der Waals surface area contributed by atoms with Gasteiger partial charge < -0.3 is 14.8 Å². The number of ketones is 1. The van der Waals surface area contributed by atoms with Gasteiger partial charge in [0.25, 0.3) is 17.6 Å². The Morgan fingerprint density at radius 3 is 2.45 bits per heavy atom. The van der Waals surface area contributed by atoms with Gasteiger partial charge in [0.15, 0.2) is 0 Å². The van der Waals surface area contributed by atoms with Gasteiger partial charge in [0, 0.05) is 23.2 Å². The third-order valence-electron chi connectivity index (χ3n) is 9.59. The molecule has 1 saturated heterocycles. The van der Waals surface area contributed by atoms with Crippen molar-refractivity contribution in [2.45, 2.75) is 27.8 Å². The second-order valence-electron chi connectivity index (χ2n) is 11.3. The molecule has 4 aliphatic rings. The second kappa shape index (κ2) is 9.13. The Morgan fingerprint density at radius 2 is 1.66 bits per heavy atom. The summed E-state index contributed by atoms with van der Waals surface area (Å²) in [5, 5.41) is 3.63. The van der Waals surface area contributed by atoms with Gasteiger partial charge in [-0.15, -0.1) is 0 Å². The number of esters is 2. The monoisotopic (exact) mass is 607 g/mol. The van der Waals surface area contributed by atoms with Crippen LogP contribution in [0.2, 0.25) is 0 Å². The fourth-order valence-corrected chi connectivity index (χ4v) is 9.83. The number of thioether (sulfide) groups is 1. The number of para-hydroxylation sites is 2. The van der Waals surface area contributed by atoms with E-state index >= 15 is 4.79 Å². The van der Waals surface area contributed by atoms with Gasteiger partial charge in [0.2, 0.25) is 0 Å². The van der Waals surface area contributed by atoms with Crippen LogP contribution in [-0.4, -0.2) is 64.5 Å². The molecule has 10 nitrogen and oxygen atoms in total. The van der Waals surface area contributed by atoms with Crippen LogP contribution in [-0.2, 0) is 35.8 Å². The van der Waals surface area contributed by atoms with Crippen LogP contribution in [0.15, 0.2) is 77.8 Å². The van der Waals surface area contributed by atoms with Crippen LogP contribution in [0.4, 0.5) is 5.69 Å². The molecule has 8 rings (SSSR count). The van der Waals surface area contributed by atoms with Gasteiger partial charge in [-0.2, -0.15) is 0 Å². The van der Waals surface area contributed by atoms with Gasteiger partial charge in [-0.1, -0.05) is 72.4 Å². The van der Waals surface area contributed by atoms with Gasteiger partial charge in [-0.25, -0.2) is 4.79 Å². The van der Waals surface area contributed by atoms with Crippen LogP contribution in [0.25, 0.3) is 10.9 Å². The van der Waals surface area contributed by atoms with E-state index in [2.05, 4.69) is 5.32 Å². The summed E-state index contributed by atoms with van der Waals surface area (Å²) < 4.78 is 10.0. The zero-order valence-electron chi connectivity index (χ0n) is 23.7. The average molecular weight is 608 g/mol. The lowest BCUT2D eigenvalue weighted by Gasteiger charge is -2.41. The van der Waals surface area contributed by atoms with Crippen molar-refractivity contribution in [2.75, 3.05) is 26.1 Å². The molecule has 44 heavy (non-hydrogen) atoms. The fraction of sp³-hybridized carbons (Fsp3) is 0.242. The topological polar surface area (TPSA) is 124 Å². The first-order valence-electron chi connectivity index (χ1n) is 14.2. The highest BCUT2D eigenvalue weighted by molar-refractivity contribution is 8.02. The summed E-state index contributed by atoms with van der Waals surface area (Å²) in [7, 11) is 2.37. The molecule has 0 radical (unpaired) electrons. The van der Waals surface area contributed by atoms with Crippen molar-refractivity contribution in [1.82, 2.24) is 9.47 Å². The molecule has 0 saturated carbocycles. The molecule has 1 fully saturated rings. The van der Waals surface area contributed by atoms with Crippen molar-refractivity contribution in [2.24, 2.45) is 5.92 Å². The Kier molecular flexibility index (Phi) is 5.57. The van der Waals surface area contributed by atoms with E-state index in [1.807, 2.05) is 35.2 Å². The molecule has 3 aromatic carbocycles. The van der Waals surface area contributed by atoms with Crippen LogP contribution < -0.4 is 5.32 Å². The number of anilines is 1. The summed E-state index contributed by atoms with van der Waals surface area (Å²) in [6, 6.07) is 21.0. The number of rotatable bonds is 3. The Balaban J connectivity index is 1.48. The SMILES string of the molecule is COC(=O)C(=O)c1c2n(c3ccccc13)C(=O)[C@@]1(S2)[C@@H]2c3ccccc3CCN2[C@@]2(C(=O)Nc3ccccc32)[C@@H]1C(=O)OC. The minimum absolute atomic E-state index is 0.0270. The summed E-state index contributed by atoms with van der Waals surface area (Å²) in [5.74, 6) is -4.90. The highest BCUT2D eigenvalue weighted by atomic mass is 32.2. The van der Waals surface area contributed by atoms with Crippen LogP contribution >= 0.6 is 11.8 Å². The summed E-state index contributed by atoms with van der Waals surface area (Å²) in [6.07, 6.45) is 0.591. The summed E-state index contributed by atoms with van der Waals surface area (Å²) >= 11 is 1.06. The molecule has 0 unspecified atom stereocenters. The van der Waals surface area contributed by atoms with Crippen molar-refractivity contribution in [3.63, 3.8) is 0 Å². The number of carbonyl (C=O) groups excluding carboxylic acids is 5. The predicted octanol–water partition coefficient (Wildman–Crippen LogP) is 3.73. The number of carbonyl (C=O) groups is 5. The second-order valence-corrected chi connectivity index (χ2v) is 12.6. The molecule has 5 heterocycles. The number of fused-ring (bicyclic) bond motifs is 10. The van der Waals surface area contributed by atoms with Crippen molar-refractivity contribution < 1.29 is 33.4 Å². The Hall–Kier alpha value is -4.74. The van der Waals surface area contributed by atoms with E-state index < -0.39 is 51.8 Å². The van der Waals surface area contributed by atoms with Gasteiger partial charge in [0.1, 0.15) is 16.2 Å². The molecule has 4 aromatic rings. The van der Waals surface area contributed by atoms with E-state index in [-0.39, 0.29) is 10.6 Å². The van der Waals surface area contributed by atoms with E-state index in [1.165, 1.54) is 11.7 Å². The number of ether oxygens (including phenoxy) is 2. The minimum atomic E-state index is -1.65. The molecule has 0 bridgehead atoms. The van der Waals surface area contributed by atoms with Crippen LogP contribution in [0.1, 0.15) is 37.9 Å². The molecule has 4 aliphatic heterocycles. The average Bonchev–Trinajstić information content (AvgIpc) is 3.72. The van der Waals surface area contributed by atoms with E-state index in [0.29, 0.717) is 35.1 Å². The maximum absolute atomic E-state index is 15.3. The van der Waals surface area contributed by atoms with Gasteiger partial charge in [0.05, 0.1) is 36.4 Å². The number of hydrogen-bond donors (Lipinski definition) is 1. The fourth-order valence-electron chi connectivity index (χ4n) is 8.01. The summed E-state index contributed by atoms with van der Waals surface area (Å²) in [5.41, 5.74) is 1.82. The number of Topliss-reactive ketones (excluding diaryl/α,β-unsaturated/α-hetero) is 1. The van der Waals surface area contributed by atoms with E-state index in [1.54, 1.807) is 42.5 Å². The van der Waals surface area contributed by atoms with Gasteiger partial charge >= 0.3 is 11.9 Å². The molecule has 1 N–H and O–H groups in total. The molecule has 4 atom stereocenters. The number of hydrogen-bond acceptors (Lipinski definition) is 9. The lowest BCUT2D eigenvalue weighted by atomic mass is 9.73. The zero-order chi connectivity index (χ0) is 30.5. The number of amides is 1. The summed E-state index contributed by atoms with van der Waals surface area (Å²) in [4.78, 5) is 72.2. The maximum atomic E-state index is 15.3. The first-order valence-corrected chi connectivity index (χ1v) is 15.0. The van der Waals surface area contributed by atoms with Crippen molar-refractivity contribution in [3.8, 4) is 0 Å². The quantitative estimate of drug-likeness (QED) is 0.211. The lowest BCUT2D eigenvalue weighted by Crippen LogP contribution is -2.56. The van der Waals surface area contributed by atoms with Crippen molar-refractivity contribution in [3.05, 3.63) is 95.1 Å². The Labute approximate surface area is 255 Å². The largest absolute Gasteiger partial charge is 0.469 e. The minimum Gasteiger partial charge on any atom is -0.469 e. The highest BCUT2D eigenvalue weighted by Crippen LogP contribution is 2.70. The standard InChI is InChI=1S/C33H25N3O7S/c1-42-28(38)24(37)23-19-11-5-8-14-22(19)36-27(23)44-33(31(36)41)25(29(39)43-2)32(20-12-6-7-13-21(20)34-30(32)40)35-16-15-17-9-3-4-10-18(17)26(33)35/h3-14,25-26H,15-16H2,1-2H3,(H,34,40)/t25-,26-,32+,33-/m0/s1. The summed E-state index contributed by atoms with van der Waals surface area (Å²) in [6.45, 7) is 0.385. The number of aromatic nitrogens is 1. The van der Waals surface area contributed by atoms with E-state index in [4.69, 9.17) is 9.47 Å². The molecular formula is C33H25N3O7S. The van der Waals surface area contributed by atoms with Crippen LogP contribution in [0.3, 0.4) is 0 Å². The third-order valence-corrected chi connectivity index (χ3v) is 11.1. The number of benzene rings is 3. The molecule has 220 valence electrons. The molecule has 2 spiro atoms.